The van der Waals surface area contributed by atoms with E-state index in [1.165, 1.54) is 18.9 Å². The highest BCUT2D eigenvalue weighted by atomic mass is 35.5. The summed E-state index contributed by atoms with van der Waals surface area (Å²) in [4.78, 5) is 37.2. The Morgan fingerprint density at radius 2 is 1.79 bits per heavy atom. The summed E-state index contributed by atoms with van der Waals surface area (Å²) in [5.74, 6) is -0.226. The lowest BCUT2D eigenvalue weighted by Gasteiger charge is -2.17. The van der Waals surface area contributed by atoms with Crippen LogP contribution in [0.2, 0.25) is 5.02 Å². The van der Waals surface area contributed by atoms with Crippen LogP contribution in [0.5, 0.6) is 5.75 Å². The van der Waals surface area contributed by atoms with Crippen molar-refractivity contribution in [2.24, 2.45) is 0 Å². The van der Waals surface area contributed by atoms with Crippen molar-refractivity contribution in [1.82, 2.24) is 5.32 Å². The van der Waals surface area contributed by atoms with Crippen molar-refractivity contribution in [3.05, 3.63) is 64.7 Å². The fourth-order valence-corrected chi connectivity index (χ4v) is 3.16. The van der Waals surface area contributed by atoms with Crippen molar-refractivity contribution in [2.45, 2.75) is 12.5 Å². The van der Waals surface area contributed by atoms with E-state index in [0.717, 1.165) is 0 Å². The second-order valence-corrected chi connectivity index (χ2v) is 7.44. The Kier molecular flexibility index (Phi) is 9.02. The lowest BCUT2D eigenvalue weighted by Crippen LogP contribution is -2.42. The van der Waals surface area contributed by atoms with Gasteiger partial charge in [-0.05, 0) is 54.8 Å². The number of nitrogens with one attached hydrogen (secondary N) is 1. The predicted octanol–water partition coefficient (Wildman–Crippen LogP) is 3.63. The Labute approximate surface area is 178 Å². The van der Waals surface area contributed by atoms with Gasteiger partial charge >= 0.3 is 5.97 Å². The second kappa shape index (κ2) is 11.5. The molecule has 0 saturated heterocycles. The molecule has 1 unspecified atom stereocenters. The van der Waals surface area contributed by atoms with Crippen molar-refractivity contribution in [2.75, 3.05) is 25.7 Å². The van der Waals surface area contributed by atoms with Crippen molar-refractivity contribution in [3.63, 3.8) is 0 Å². The molecule has 2 rings (SSSR count). The first kappa shape index (κ1) is 22.8. The second-order valence-electron chi connectivity index (χ2n) is 6.05. The zero-order valence-corrected chi connectivity index (χ0v) is 17.7. The number of carbonyl (C=O) groups is 3. The minimum Gasteiger partial charge on any atom is -0.497 e. The molecule has 29 heavy (non-hydrogen) atoms. The fourth-order valence-electron chi connectivity index (χ4n) is 2.46. The van der Waals surface area contributed by atoms with Crippen LogP contribution in [0.25, 0.3) is 0 Å². The minimum atomic E-state index is -0.880. The van der Waals surface area contributed by atoms with Crippen LogP contribution in [0.4, 0.5) is 0 Å². The maximum atomic E-state index is 12.5. The number of amides is 1. The van der Waals surface area contributed by atoms with Gasteiger partial charge in [0.05, 0.1) is 17.7 Å². The lowest BCUT2D eigenvalue weighted by atomic mass is 10.1. The first-order valence-electron chi connectivity index (χ1n) is 8.84. The third kappa shape index (κ3) is 6.80. The number of benzene rings is 2. The Morgan fingerprint density at radius 3 is 2.41 bits per heavy atom. The van der Waals surface area contributed by atoms with Gasteiger partial charge in [-0.25, -0.2) is 4.79 Å². The highest BCUT2D eigenvalue weighted by Gasteiger charge is 2.24. The summed E-state index contributed by atoms with van der Waals surface area (Å²) in [6.45, 7) is -0.414. The smallest absolute Gasteiger partial charge is 0.329 e. The third-order valence-electron chi connectivity index (χ3n) is 4.08. The number of esters is 1. The number of hydrogen-bond acceptors (Lipinski definition) is 6. The molecule has 0 radical (unpaired) electrons. The van der Waals surface area contributed by atoms with Gasteiger partial charge in [-0.1, -0.05) is 23.7 Å². The predicted molar refractivity (Wildman–Crippen MR) is 114 cm³/mol. The van der Waals surface area contributed by atoms with E-state index >= 15 is 0 Å². The molecule has 0 aliphatic carbocycles. The van der Waals surface area contributed by atoms with Crippen molar-refractivity contribution in [3.8, 4) is 5.75 Å². The molecule has 0 saturated carbocycles. The molecule has 2 aromatic carbocycles. The van der Waals surface area contributed by atoms with Crippen LogP contribution in [0.3, 0.4) is 0 Å². The molecule has 2 aromatic rings. The van der Waals surface area contributed by atoms with Gasteiger partial charge in [0.15, 0.2) is 12.4 Å². The largest absolute Gasteiger partial charge is 0.497 e. The summed E-state index contributed by atoms with van der Waals surface area (Å²) >= 11 is 7.58. The summed E-state index contributed by atoms with van der Waals surface area (Å²) < 4.78 is 10.2. The summed E-state index contributed by atoms with van der Waals surface area (Å²) in [5, 5.41) is 2.94. The van der Waals surface area contributed by atoms with Crippen LogP contribution in [0.1, 0.15) is 27.1 Å². The van der Waals surface area contributed by atoms with Gasteiger partial charge in [-0.3, -0.25) is 9.59 Å². The van der Waals surface area contributed by atoms with Gasteiger partial charge < -0.3 is 14.8 Å². The standard InChI is InChI=1S/C21H22ClNO5S/c1-27-15-9-7-14(8-10-15)19(24)13-28-21(26)18(11-12-29-2)23-20(25)16-5-3-4-6-17(16)22/h3-10,18H,11-13H2,1-2H3,(H,23,25). The number of carbonyl (C=O) groups excluding carboxylic acids is 3. The van der Waals surface area contributed by atoms with E-state index < -0.39 is 24.5 Å². The molecule has 0 spiro atoms. The van der Waals surface area contributed by atoms with Crippen LogP contribution < -0.4 is 10.1 Å². The van der Waals surface area contributed by atoms with Gasteiger partial charge in [0.1, 0.15) is 11.8 Å². The average Bonchev–Trinajstić information content (AvgIpc) is 2.74. The molecule has 0 heterocycles. The Balaban J connectivity index is 1.99. The highest BCUT2D eigenvalue weighted by molar-refractivity contribution is 7.98. The number of Topliss-reactive ketones (excluding diaryl/α,β-unsaturated/α-hetero) is 1. The quantitative estimate of drug-likeness (QED) is 0.453. The van der Waals surface area contributed by atoms with Crippen molar-refractivity contribution < 1.29 is 23.9 Å². The van der Waals surface area contributed by atoms with E-state index in [1.54, 1.807) is 48.5 Å². The van der Waals surface area contributed by atoms with E-state index in [1.807, 2.05) is 6.26 Å². The van der Waals surface area contributed by atoms with Gasteiger partial charge in [0.25, 0.3) is 5.91 Å². The van der Waals surface area contributed by atoms with Crippen molar-refractivity contribution in [1.29, 1.82) is 0 Å². The zero-order valence-electron chi connectivity index (χ0n) is 16.1. The van der Waals surface area contributed by atoms with Crippen LogP contribution in [0, 0.1) is 0 Å². The molecule has 0 aliphatic rings. The number of hydrogen-bond donors (Lipinski definition) is 1. The Morgan fingerprint density at radius 1 is 1.10 bits per heavy atom. The summed E-state index contributed by atoms with van der Waals surface area (Å²) in [6.07, 6.45) is 2.26. The normalized spacial score (nSPS) is 11.4. The van der Waals surface area contributed by atoms with E-state index in [9.17, 15) is 14.4 Å². The first-order valence-corrected chi connectivity index (χ1v) is 10.6. The SMILES string of the molecule is COc1ccc(C(=O)COC(=O)C(CCSC)NC(=O)c2ccccc2Cl)cc1. The molecule has 6 nitrogen and oxygen atoms in total. The number of thioether (sulfide) groups is 1. The Hall–Kier alpha value is -2.51. The number of halogens is 1. The van der Waals surface area contributed by atoms with Crippen LogP contribution in [0.15, 0.2) is 48.5 Å². The van der Waals surface area contributed by atoms with Gasteiger partial charge in [0.2, 0.25) is 0 Å². The topological polar surface area (TPSA) is 81.7 Å². The van der Waals surface area contributed by atoms with Gasteiger partial charge in [-0.15, -0.1) is 0 Å². The van der Waals surface area contributed by atoms with Gasteiger partial charge in [-0.2, -0.15) is 11.8 Å². The molecule has 8 heteroatoms. The number of rotatable bonds is 10. The molecule has 154 valence electrons. The zero-order chi connectivity index (χ0) is 21.2. The molecule has 0 bridgehead atoms. The van der Waals surface area contributed by atoms with Crippen LogP contribution >= 0.6 is 23.4 Å². The Bertz CT molecular complexity index is 856. The van der Waals surface area contributed by atoms with Crippen LogP contribution in [-0.2, 0) is 9.53 Å². The molecule has 1 N–H and O–H groups in total. The molecule has 0 fully saturated rings. The number of ether oxygens (including phenoxy) is 2. The minimum absolute atomic E-state index is 0.269. The van der Waals surface area contributed by atoms with E-state index in [4.69, 9.17) is 21.1 Å². The number of ketones is 1. The molecule has 1 amide bonds. The number of methoxy groups -OCH3 is 1. The first-order chi connectivity index (χ1) is 14.0. The van der Waals surface area contributed by atoms with E-state index in [2.05, 4.69) is 5.32 Å². The maximum absolute atomic E-state index is 12.5. The molecular weight excluding hydrogens is 414 g/mol. The van der Waals surface area contributed by atoms with E-state index in [-0.39, 0.29) is 16.4 Å². The fraction of sp³-hybridized carbons (Fsp3) is 0.286. The van der Waals surface area contributed by atoms with Crippen molar-refractivity contribution >= 4 is 41.0 Å². The van der Waals surface area contributed by atoms with Gasteiger partial charge in [0, 0.05) is 5.56 Å². The summed E-state index contributed by atoms with van der Waals surface area (Å²) in [6, 6.07) is 12.2. The average molecular weight is 436 g/mol. The van der Waals surface area contributed by atoms with E-state index in [0.29, 0.717) is 23.5 Å². The molecular formula is C21H22ClNO5S. The molecule has 0 aliphatic heterocycles. The molecule has 0 aromatic heterocycles. The highest BCUT2D eigenvalue weighted by Crippen LogP contribution is 2.16. The maximum Gasteiger partial charge on any atom is 0.329 e. The summed E-state index contributed by atoms with van der Waals surface area (Å²) in [5.41, 5.74) is 0.671. The third-order valence-corrected chi connectivity index (χ3v) is 5.05. The molecule has 1 atom stereocenters. The summed E-state index contributed by atoms with van der Waals surface area (Å²) in [7, 11) is 1.53. The van der Waals surface area contributed by atoms with Crippen LogP contribution in [-0.4, -0.2) is 49.4 Å². The monoisotopic (exact) mass is 435 g/mol. The lowest BCUT2D eigenvalue weighted by molar-refractivity contribution is -0.144.